The maximum absolute atomic E-state index is 15.0. The lowest BCUT2D eigenvalue weighted by Crippen LogP contribution is -2.43. The monoisotopic (exact) mass is 431 g/mol. The van der Waals surface area contributed by atoms with Crippen molar-refractivity contribution in [1.82, 2.24) is 0 Å². The number of carboxylic acids is 1. The Morgan fingerprint density at radius 2 is 1.75 bits per heavy atom. The third-order valence-electron chi connectivity index (χ3n) is 5.93. The van der Waals surface area contributed by atoms with Crippen LogP contribution >= 0.6 is 0 Å². The highest BCUT2D eigenvalue weighted by molar-refractivity contribution is 5.84. The molecule has 0 fully saturated rings. The molecule has 4 rings (SSSR count). The Balaban J connectivity index is 1.60. The molecule has 0 aliphatic heterocycles. The van der Waals surface area contributed by atoms with E-state index in [0.29, 0.717) is 22.6 Å². The van der Waals surface area contributed by atoms with Gasteiger partial charge < -0.3 is 14.4 Å². The predicted molar refractivity (Wildman–Crippen MR) is 126 cm³/mol. The van der Waals surface area contributed by atoms with Crippen molar-refractivity contribution in [2.24, 2.45) is 0 Å². The molecule has 0 saturated carbocycles. The second-order valence-electron chi connectivity index (χ2n) is 8.75. The van der Waals surface area contributed by atoms with E-state index in [-0.39, 0.29) is 6.42 Å². The lowest BCUT2D eigenvalue weighted by molar-refractivity contribution is -0.138. The minimum absolute atomic E-state index is 0.0538. The number of nitrogens with zero attached hydrogens (tertiary/aromatic N) is 1. The Morgan fingerprint density at radius 3 is 2.44 bits per heavy atom. The number of hydrogen-bond donors (Lipinski definition) is 1. The number of benzene rings is 3. The fourth-order valence-electron chi connectivity index (χ4n) is 3.92. The predicted octanol–water partition coefficient (Wildman–Crippen LogP) is 6.52. The summed E-state index contributed by atoms with van der Waals surface area (Å²) in [4.78, 5) is 12.9. The van der Waals surface area contributed by atoms with Gasteiger partial charge in [0, 0.05) is 23.7 Å². The highest BCUT2D eigenvalue weighted by atomic mass is 19.1. The van der Waals surface area contributed by atoms with Crippen LogP contribution in [0.2, 0.25) is 0 Å². The molecule has 5 heteroatoms. The second kappa shape index (κ2) is 8.50. The number of rotatable bonds is 7. The van der Waals surface area contributed by atoms with E-state index in [2.05, 4.69) is 18.2 Å². The highest BCUT2D eigenvalue weighted by Gasteiger charge is 2.27. The normalized spacial score (nSPS) is 11.6. The zero-order chi connectivity index (χ0) is 22.9. The maximum atomic E-state index is 15.0. The number of furan rings is 1. The van der Waals surface area contributed by atoms with Crippen LogP contribution in [0.15, 0.2) is 77.2 Å². The fourth-order valence-corrected chi connectivity index (χ4v) is 3.92. The number of fused-ring (bicyclic) bond motifs is 1. The van der Waals surface area contributed by atoms with Crippen LogP contribution in [0.1, 0.15) is 31.4 Å². The Hall–Kier alpha value is -3.60. The molecule has 0 amide bonds. The van der Waals surface area contributed by atoms with E-state index in [1.54, 1.807) is 24.1 Å². The van der Waals surface area contributed by atoms with E-state index in [9.17, 15) is 4.79 Å². The molecule has 4 nitrogen and oxygen atoms in total. The zero-order valence-corrected chi connectivity index (χ0v) is 18.4. The van der Waals surface area contributed by atoms with Crippen molar-refractivity contribution in [2.75, 3.05) is 11.9 Å². The number of aliphatic carboxylic acids is 1. The average molecular weight is 432 g/mol. The van der Waals surface area contributed by atoms with Crippen LogP contribution in [0, 0.1) is 5.82 Å². The van der Waals surface area contributed by atoms with Gasteiger partial charge >= 0.3 is 5.97 Å². The van der Waals surface area contributed by atoms with Gasteiger partial charge in [-0.2, -0.15) is 0 Å². The molecule has 0 spiro atoms. The summed E-state index contributed by atoms with van der Waals surface area (Å²) in [5.74, 6) is -0.842. The molecule has 0 saturated heterocycles. The first-order chi connectivity index (χ1) is 15.2. The van der Waals surface area contributed by atoms with E-state index in [1.165, 1.54) is 11.6 Å². The number of halogens is 1. The summed E-state index contributed by atoms with van der Waals surface area (Å²) in [7, 11) is 1.77. The smallest absolute Gasteiger partial charge is 0.305 e. The number of carbonyl (C=O) groups is 1. The van der Waals surface area contributed by atoms with Gasteiger partial charge in [0.05, 0.1) is 12.0 Å². The van der Waals surface area contributed by atoms with Crippen molar-refractivity contribution >= 4 is 22.6 Å². The maximum Gasteiger partial charge on any atom is 0.305 e. The van der Waals surface area contributed by atoms with E-state index in [4.69, 9.17) is 9.52 Å². The number of anilines is 1. The van der Waals surface area contributed by atoms with Crippen molar-refractivity contribution < 1.29 is 18.7 Å². The molecule has 164 valence electrons. The molecular formula is C27H26FNO3. The van der Waals surface area contributed by atoms with Crippen LogP contribution in [0.3, 0.4) is 0 Å². The summed E-state index contributed by atoms with van der Waals surface area (Å²) in [6, 6.07) is 23.0. The SMILES string of the molecule is CN(c1ccc(-c2cc3cc(Cc4ccccc4)ccc3o2)c(F)c1)C(C)(C)CC(=O)O. The minimum Gasteiger partial charge on any atom is -0.481 e. The van der Waals surface area contributed by atoms with Crippen molar-refractivity contribution in [3.8, 4) is 11.3 Å². The number of hydrogen-bond acceptors (Lipinski definition) is 3. The zero-order valence-electron chi connectivity index (χ0n) is 18.4. The summed E-state index contributed by atoms with van der Waals surface area (Å²) in [5.41, 5.74) is 3.42. The van der Waals surface area contributed by atoms with Gasteiger partial charge in [-0.1, -0.05) is 36.4 Å². The molecule has 0 aliphatic rings. The van der Waals surface area contributed by atoms with Crippen LogP contribution < -0.4 is 4.90 Å². The first-order valence-electron chi connectivity index (χ1n) is 10.5. The third kappa shape index (κ3) is 4.52. The van der Waals surface area contributed by atoms with Crippen LogP contribution in [0.4, 0.5) is 10.1 Å². The molecule has 0 atom stereocenters. The topological polar surface area (TPSA) is 53.7 Å². The summed E-state index contributed by atoms with van der Waals surface area (Å²) >= 11 is 0. The molecule has 0 unspecified atom stereocenters. The van der Waals surface area contributed by atoms with Gasteiger partial charge in [0.1, 0.15) is 17.2 Å². The van der Waals surface area contributed by atoms with Gasteiger partial charge in [0.25, 0.3) is 0 Å². The fraction of sp³-hybridized carbons (Fsp3) is 0.222. The van der Waals surface area contributed by atoms with Gasteiger partial charge in [0.15, 0.2) is 0 Å². The Bertz CT molecular complexity index is 1260. The molecule has 1 N–H and O–H groups in total. The van der Waals surface area contributed by atoms with Crippen molar-refractivity contribution in [3.63, 3.8) is 0 Å². The van der Waals surface area contributed by atoms with E-state index >= 15 is 4.39 Å². The minimum atomic E-state index is -0.896. The Morgan fingerprint density at radius 1 is 1.00 bits per heavy atom. The second-order valence-corrected chi connectivity index (χ2v) is 8.75. The molecular weight excluding hydrogens is 405 g/mol. The van der Waals surface area contributed by atoms with Crippen molar-refractivity contribution in [1.29, 1.82) is 0 Å². The molecule has 0 radical (unpaired) electrons. The molecule has 0 bridgehead atoms. The van der Waals surface area contributed by atoms with Crippen LogP contribution in [-0.4, -0.2) is 23.7 Å². The Labute approximate surface area is 186 Å². The largest absolute Gasteiger partial charge is 0.481 e. The highest BCUT2D eigenvalue weighted by Crippen LogP contribution is 2.33. The summed E-state index contributed by atoms with van der Waals surface area (Å²) < 4.78 is 21.0. The first kappa shape index (κ1) is 21.6. The lowest BCUT2D eigenvalue weighted by Gasteiger charge is -2.36. The summed E-state index contributed by atoms with van der Waals surface area (Å²) in [6.45, 7) is 3.64. The summed E-state index contributed by atoms with van der Waals surface area (Å²) in [6.07, 6.45) is 0.764. The van der Waals surface area contributed by atoms with Gasteiger partial charge in [-0.05, 0) is 67.8 Å². The molecule has 32 heavy (non-hydrogen) atoms. The lowest BCUT2D eigenvalue weighted by atomic mass is 9.97. The summed E-state index contributed by atoms with van der Waals surface area (Å²) in [5, 5.41) is 10.1. The van der Waals surface area contributed by atoms with Crippen LogP contribution in [-0.2, 0) is 11.2 Å². The van der Waals surface area contributed by atoms with Gasteiger partial charge in [-0.3, -0.25) is 4.79 Å². The van der Waals surface area contributed by atoms with Crippen LogP contribution in [0.25, 0.3) is 22.3 Å². The van der Waals surface area contributed by atoms with E-state index < -0.39 is 17.3 Å². The van der Waals surface area contributed by atoms with Crippen LogP contribution in [0.5, 0.6) is 0 Å². The van der Waals surface area contributed by atoms with Gasteiger partial charge in [-0.25, -0.2) is 4.39 Å². The average Bonchev–Trinajstić information content (AvgIpc) is 3.16. The van der Waals surface area contributed by atoms with E-state index in [0.717, 1.165) is 17.4 Å². The Kier molecular flexibility index (Phi) is 5.74. The molecule has 4 aromatic rings. The van der Waals surface area contributed by atoms with Gasteiger partial charge in [0.2, 0.25) is 0 Å². The molecule has 3 aromatic carbocycles. The molecule has 1 heterocycles. The van der Waals surface area contributed by atoms with Gasteiger partial charge in [-0.15, -0.1) is 0 Å². The quantitative estimate of drug-likeness (QED) is 0.362. The molecule has 0 aliphatic carbocycles. The third-order valence-corrected chi connectivity index (χ3v) is 5.93. The number of carboxylic acid groups (broad SMARTS) is 1. The molecule has 1 aromatic heterocycles. The first-order valence-corrected chi connectivity index (χ1v) is 10.5. The van der Waals surface area contributed by atoms with Crippen molar-refractivity contribution in [2.45, 2.75) is 32.2 Å². The van der Waals surface area contributed by atoms with E-state index in [1.807, 2.05) is 50.2 Å². The standard InChI is InChI=1S/C27H26FNO3/c1-27(2,17-26(30)31)29(3)21-10-11-22(23(28)16-21)25-15-20-14-19(9-12-24(20)32-25)13-18-7-5-4-6-8-18/h4-12,14-16H,13,17H2,1-3H3,(H,30,31). The van der Waals surface area contributed by atoms with Crippen molar-refractivity contribution in [3.05, 3.63) is 89.7 Å².